The number of carbonyl (C=O) groups is 1. The molecular weight excluding hydrogens is 262 g/mol. The Morgan fingerprint density at radius 1 is 1.58 bits per heavy atom. The third-order valence-corrected chi connectivity index (χ3v) is 4.01. The van der Waals surface area contributed by atoms with Crippen LogP contribution >= 0.6 is 11.3 Å². The molecule has 1 amide bonds. The van der Waals surface area contributed by atoms with Crippen molar-refractivity contribution < 1.29 is 9.32 Å². The first-order valence-electron chi connectivity index (χ1n) is 6.09. The zero-order valence-corrected chi connectivity index (χ0v) is 11.0. The summed E-state index contributed by atoms with van der Waals surface area (Å²) in [5.74, 6) is 0.926. The maximum atomic E-state index is 12.0. The molecule has 1 fully saturated rings. The Labute approximate surface area is 114 Å². The summed E-state index contributed by atoms with van der Waals surface area (Å²) in [6, 6.07) is 3.96. The zero-order chi connectivity index (χ0) is 13.1. The van der Waals surface area contributed by atoms with Gasteiger partial charge in [0.15, 0.2) is 5.82 Å². The van der Waals surface area contributed by atoms with Crippen LogP contribution in [-0.4, -0.2) is 34.0 Å². The third kappa shape index (κ3) is 2.73. The Kier molecular flexibility index (Phi) is 3.41. The van der Waals surface area contributed by atoms with Gasteiger partial charge in [-0.2, -0.15) is 4.98 Å². The van der Waals surface area contributed by atoms with Crippen LogP contribution in [0, 0.1) is 0 Å². The van der Waals surface area contributed by atoms with Crippen LogP contribution in [0.4, 0.5) is 0 Å². The summed E-state index contributed by atoms with van der Waals surface area (Å²) in [7, 11) is 0. The van der Waals surface area contributed by atoms with Crippen LogP contribution in [-0.2, 0) is 4.79 Å². The Morgan fingerprint density at radius 3 is 3.26 bits per heavy atom. The normalized spacial score (nSPS) is 19.4. The molecule has 1 aliphatic heterocycles. The number of rotatable bonds is 3. The molecule has 0 N–H and O–H groups in total. The largest absolute Gasteiger partial charge is 0.343 e. The zero-order valence-electron chi connectivity index (χ0n) is 10.2. The number of hydrogen-bond donors (Lipinski definition) is 0. The minimum absolute atomic E-state index is 0.0411. The van der Waals surface area contributed by atoms with Crippen LogP contribution in [0.25, 0.3) is 6.08 Å². The Bertz CT molecular complexity index is 563. The average Bonchev–Trinajstić information content (AvgIpc) is 3.14. The van der Waals surface area contributed by atoms with E-state index in [9.17, 15) is 4.79 Å². The van der Waals surface area contributed by atoms with Gasteiger partial charge in [-0.25, -0.2) is 0 Å². The van der Waals surface area contributed by atoms with E-state index in [0.29, 0.717) is 12.4 Å². The highest BCUT2D eigenvalue weighted by Crippen LogP contribution is 2.24. The molecule has 3 rings (SSSR count). The molecule has 0 spiro atoms. The second kappa shape index (κ2) is 5.36. The Morgan fingerprint density at radius 2 is 2.53 bits per heavy atom. The van der Waals surface area contributed by atoms with Crippen LogP contribution in [0.15, 0.2) is 34.5 Å². The van der Waals surface area contributed by atoms with Crippen molar-refractivity contribution in [3.8, 4) is 0 Å². The summed E-state index contributed by atoms with van der Waals surface area (Å²) >= 11 is 1.62. The van der Waals surface area contributed by atoms with Gasteiger partial charge in [0.05, 0.1) is 0 Å². The first-order valence-corrected chi connectivity index (χ1v) is 6.97. The smallest absolute Gasteiger partial charge is 0.246 e. The van der Waals surface area contributed by atoms with E-state index in [1.165, 1.54) is 6.39 Å². The first kappa shape index (κ1) is 12.1. The molecule has 0 bridgehead atoms. The molecule has 98 valence electrons. The summed E-state index contributed by atoms with van der Waals surface area (Å²) in [6.45, 7) is 1.40. The summed E-state index contributed by atoms with van der Waals surface area (Å²) in [4.78, 5) is 19.0. The minimum Gasteiger partial charge on any atom is -0.343 e. The molecule has 19 heavy (non-hydrogen) atoms. The molecule has 0 saturated carbocycles. The molecule has 1 saturated heterocycles. The quantitative estimate of drug-likeness (QED) is 0.805. The highest BCUT2D eigenvalue weighted by atomic mass is 32.1. The van der Waals surface area contributed by atoms with Gasteiger partial charge < -0.3 is 9.42 Å². The van der Waals surface area contributed by atoms with Gasteiger partial charge in [0.1, 0.15) is 0 Å². The van der Waals surface area contributed by atoms with E-state index in [0.717, 1.165) is 17.8 Å². The molecule has 0 aromatic carbocycles. The molecule has 3 heterocycles. The molecule has 2 aromatic rings. The van der Waals surface area contributed by atoms with Crippen molar-refractivity contribution in [1.29, 1.82) is 0 Å². The van der Waals surface area contributed by atoms with Gasteiger partial charge in [-0.1, -0.05) is 11.2 Å². The predicted octanol–water partition coefficient (Wildman–Crippen LogP) is 2.16. The number of nitrogens with zero attached hydrogens (tertiary/aromatic N) is 3. The van der Waals surface area contributed by atoms with Crippen LogP contribution in [0.1, 0.15) is 23.0 Å². The van der Waals surface area contributed by atoms with Crippen molar-refractivity contribution in [3.63, 3.8) is 0 Å². The highest BCUT2D eigenvalue weighted by molar-refractivity contribution is 7.10. The fraction of sp³-hybridized carbons (Fsp3) is 0.308. The van der Waals surface area contributed by atoms with Crippen molar-refractivity contribution in [2.75, 3.05) is 13.1 Å². The van der Waals surface area contributed by atoms with Crippen LogP contribution in [0.5, 0.6) is 0 Å². The molecule has 2 aromatic heterocycles. The van der Waals surface area contributed by atoms with Gasteiger partial charge in [0.2, 0.25) is 12.3 Å². The summed E-state index contributed by atoms with van der Waals surface area (Å²) in [5, 5.41) is 5.83. The molecular formula is C13H13N3O2S. The second-order valence-corrected chi connectivity index (χ2v) is 5.39. The van der Waals surface area contributed by atoms with E-state index >= 15 is 0 Å². The maximum Gasteiger partial charge on any atom is 0.246 e. The molecule has 5 nitrogen and oxygen atoms in total. The number of thiophene rings is 1. The number of aromatic nitrogens is 2. The van der Waals surface area contributed by atoms with Crippen LogP contribution in [0.2, 0.25) is 0 Å². The van der Waals surface area contributed by atoms with Gasteiger partial charge in [-0.05, 0) is 23.9 Å². The average molecular weight is 275 g/mol. The van der Waals surface area contributed by atoms with E-state index in [1.54, 1.807) is 17.4 Å². The predicted molar refractivity (Wildman–Crippen MR) is 71.6 cm³/mol. The second-order valence-electron chi connectivity index (χ2n) is 4.41. The fourth-order valence-electron chi connectivity index (χ4n) is 2.17. The van der Waals surface area contributed by atoms with Crippen LogP contribution < -0.4 is 0 Å². The van der Waals surface area contributed by atoms with Crippen molar-refractivity contribution in [2.24, 2.45) is 0 Å². The molecule has 1 aliphatic rings. The van der Waals surface area contributed by atoms with Gasteiger partial charge in [-0.3, -0.25) is 4.79 Å². The summed E-state index contributed by atoms with van der Waals surface area (Å²) in [6.07, 6.45) is 5.70. The van der Waals surface area contributed by atoms with E-state index in [2.05, 4.69) is 10.1 Å². The standard InChI is InChI=1S/C13H13N3O2S/c17-12(4-3-11-2-1-7-19-11)16-6-5-10(8-16)13-14-9-18-15-13/h1-4,7,9-10H,5-6,8H2/b4-3-/t10-/m0/s1. The molecule has 0 unspecified atom stereocenters. The van der Waals surface area contributed by atoms with Gasteiger partial charge in [0, 0.05) is 30.0 Å². The number of amides is 1. The molecule has 6 heteroatoms. The van der Waals surface area contributed by atoms with E-state index in [4.69, 9.17) is 4.52 Å². The monoisotopic (exact) mass is 275 g/mol. The van der Waals surface area contributed by atoms with E-state index in [-0.39, 0.29) is 11.8 Å². The lowest BCUT2D eigenvalue weighted by Gasteiger charge is -2.12. The lowest BCUT2D eigenvalue weighted by atomic mass is 10.1. The third-order valence-electron chi connectivity index (χ3n) is 3.18. The lowest BCUT2D eigenvalue weighted by Crippen LogP contribution is -2.26. The van der Waals surface area contributed by atoms with Gasteiger partial charge in [0.25, 0.3) is 0 Å². The Balaban J connectivity index is 1.60. The topological polar surface area (TPSA) is 59.2 Å². The van der Waals surface area contributed by atoms with Crippen molar-refractivity contribution in [2.45, 2.75) is 12.3 Å². The lowest BCUT2D eigenvalue weighted by molar-refractivity contribution is -0.124. The van der Waals surface area contributed by atoms with Crippen molar-refractivity contribution >= 4 is 23.3 Å². The molecule has 1 atom stereocenters. The first-order chi connectivity index (χ1) is 9.33. The number of hydrogen-bond acceptors (Lipinski definition) is 5. The minimum atomic E-state index is 0.0411. The van der Waals surface area contributed by atoms with Crippen LogP contribution in [0.3, 0.4) is 0 Å². The van der Waals surface area contributed by atoms with Gasteiger partial charge in [-0.15, -0.1) is 11.3 Å². The molecule has 0 radical (unpaired) electrons. The summed E-state index contributed by atoms with van der Waals surface area (Å²) < 4.78 is 4.74. The van der Waals surface area contributed by atoms with Crippen molar-refractivity contribution in [3.05, 3.63) is 40.7 Å². The highest BCUT2D eigenvalue weighted by Gasteiger charge is 2.28. The van der Waals surface area contributed by atoms with E-state index in [1.807, 2.05) is 28.5 Å². The van der Waals surface area contributed by atoms with Gasteiger partial charge >= 0.3 is 0 Å². The van der Waals surface area contributed by atoms with E-state index < -0.39 is 0 Å². The fourth-order valence-corrected chi connectivity index (χ4v) is 2.79. The number of carbonyl (C=O) groups excluding carboxylic acids is 1. The van der Waals surface area contributed by atoms with Crippen molar-refractivity contribution in [1.82, 2.24) is 15.0 Å². The summed E-state index contributed by atoms with van der Waals surface area (Å²) in [5.41, 5.74) is 0. The Hall–Kier alpha value is -1.95. The maximum absolute atomic E-state index is 12.0. The molecule has 0 aliphatic carbocycles. The number of likely N-dealkylation sites (tertiary alicyclic amines) is 1. The SMILES string of the molecule is O=C(/C=C\c1cccs1)N1CC[C@H](c2ncon2)C1.